The molecule has 0 aromatic heterocycles. The molecule has 0 unspecified atom stereocenters. The van der Waals surface area contributed by atoms with E-state index in [1.165, 1.54) is 0 Å². The Bertz CT molecular complexity index is 1040. The minimum atomic E-state index is -0.153. The molecule has 0 spiro atoms. The van der Waals surface area contributed by atoms with Gasteiger partial charge in [-0.1, -0.05) is 48.0 Å². The molecule has 0 radical (unpaired) electrons. The molecule has 2 atom stereocenters. The molecule has 0 saturated carbocycles. The third-order valence-corrected chi connectivity index (χ3v) is 8.03. The summed E-state index contributed by atoms with van der Waals surface area (Å²) >= 11 is 6.19. The van der Waals surface area contributed by atoms with Gasteiger partial charge >= 0.3 is 0 Å². The first-order chi connectivity index (χ1) is 17.8. The van der Waals surface area contributed by atoms with Crippen LogP contribution in [0, 0.1) is 11.8 Å². The van der Waals surface area contributed by atoms with E-state index in [0.29, 0.717) is 49.3 Å². The first-order valence-electron chi connectivity index (χ1n) is 13.5. The van der Waals surface area contributed by atoms with Gasteiger partial charge in [-0.25, -0.2) is 0 Å². The van der Waals surface area contributed by atoms with E-state index in [9.17, 15) is 9.59 Å². The van der Waals surface area contributed by atoms with Gasteiger partial charge in [-0.3, -0.25) is 9.59 Å². The lowest BCUT2D eigenvalue weighted by atomic mass is 9.88. The highest BCUT2D eigenvalue weighted by molar-refractivity contribution is 6.30. The van der Waals surface area contributed by atoms with Crippen LogP contribution in [-0.4, -0.2) is 71.9 Å². The summed E-state index contributed by atoms with van der Waals surface area (Å²) in [6, 6.07) is 17.9. The van der Waals surface area contributed by atoms with Crippen LogP contribution in [0.25, 0.3) is 0 Å². The molecule has 2 aliphatic heterocycles. The zero-order valence-electron chi connectivity index (χ0n) is 22.3. The first kappa shape index (κ1) is 27.5. The number of ether oxygens (including phenoxy) is 1. The Hall–Kier alpha value is -2.57. The van der Waals surface area contributed by atoms with Crippen LogP contribution in [0.3, 0.4) is 0 Å². The van der Waals surface area contributed by atoms with E-state index >= 15 is 0 Å². The van der Waals surface area contributed by atoms with Crippen molar-refractivity contribution >= 4 is 23.4 Å². The molecule has 0 aliphatic carbocycles. The largest absolute Gasteiger partial charge is 0.490 e. The molecular formula is C30H40ClN3O3. The Morgan fingerprint density at radius 3 is 2.43 bits per heavy atom. The summed E-state index contributed by atoms with van der Waals surface area (Å²) in [7, 11) is 1.84. The van der Waals surface area contributed by atoms with Gasteiger partial charge in [0, 0.05) is 62.4 Å². The number of rotatable bonds is 8. The molecule has 2 amide bonds. The first-order valence-corrected chi connectivity index (χ1v) is 13.9. The molecule has 200 valence electrons. The van der Waals surface area contributed by atoms with Gasteiger partial charge in [0.2, 0.25) is 11.8 Å². The van der Waals surface area contributed by atoms with E-state index in [1.807, 2.05) is 66.5 Å². The second kappa shape index (κ2) is 12.8. The molecule has 0 bridgehead atoms. The van der Waals surface area contributed by atoms with Crippen molar-refractivity contribution in [2.24, 2.45) is 11.8 Å². The average molecular weight is 526 g/mol. The number of carbonyl (C=O) groups is 2. The number of likely N-dealkylation sites (tertiary alicyclic amines) is 2. The summed E-state index contributed by atoms with van der Waals surface area (Å²) in [6.07, 6.45) is 2.69. The summed E-state index contributed by atoms with van der Waals surface area (Å²) in [6.45, 7) is 8.11. The molecule has 2 heterocycles. The number of piperidine rings is 2. The predicted molar refractivity (Wildman–Crippen MR) is 148 cm³/mol. The lowest BCUT2D eigenvalue weighted by Gasteiger charge is -2.41. The standard InChI is InChI=1S/C30H40ClN3O3/c1-22(2)33-15-12-24(13-16-33)30(36)34-17-14-28(37-27-11-7-10-26(31)19-27)25(21-34)18-29(35)32(3)20-23-8-5-4-6-9-23/h4-11,19,22,24-25,28H,12-18,20-21H2,1-3H3/t25-,28-/m0/s1. The van der Waals surface area contributed by atoms with Crippen LogP contribution in [0.2, 0.25) is 5.02 Å². The molecule has 7 heteroatoms. The van der Waals surface area contributed by atoms with E-state index in [4.69, 9.17) is 16.3 Å². The highest BCUT2D eigenvalue weighted by Crippen LogP contribution is 2.30. The Kier molecular flexibility index (Phi) is 9.49. The molecular weight excluding hydrogens is 486 g/mol. The van der Waals surface area contributed by atoms with E-state index in [0.717, 1.165) is 31.5 Å². The van der Waals surface area contributed by atoms with Crippen LogP contribution < -0.4 is 4.74 Å². The van der Waals surface area contributed by atoms with E-state index in [-0.39, 0.29) is 29.8 Å². The molecule has 4 rings (SSSR count). The molecule has 0 N–H and O–H groups in total. The van der Waals surface area contributed by atoms with Gasteiger partial charge in [-0.05, 0) is 63.5 Å². The number of hydrogen-bond acceptors (Lipinski definition) is 4. The van der Waals surface area contributed by atoms with Crippen molar-refractivity contribution < 1.29 is 14.3 Å². The van der Waals surface area contributed by atoms with Gasteiger partial charge in [0.15, 0.2) is 0 Å². The molecule has 37 heavy (non-hydrogen) atoms. The minimum absolute atomic E-state index is 0.0630. The van der Waals surface area contributed by atoms with Gasteiger partial charge in [-0.2, -0.15) is 0 Å². The molecule has 2 aromatic rings. The summed E-state index contributed by atoms with van der Waals surface area (Å²) in [5.74, 6) is 0.983. The third kappa shape index (κ3) is 7.48. The average Bonchev–Trinajstić information content (AvgIpc) is 2.90. The fraction of sp³-hybridized carbons (Fsp3) is 0.533. The fourth-order valence-corrected chi connectivity index (χ4v) is 5.70. The van der Waals surface area contributed by atoms with Crippen molar-refractivity contribution in [1.82, 2.24) is 14.7 Å². The SMILES string of the molecule is CC(C)N1CCC(C(=O)N2CC[C@H](Oc3cccc(Cl)c3)[C@@H](CC(=O)N(C)Cc3ccccc3)C2)CC1. The van der Waals surface area contributed by atoms with E-state index in [2.05, 4.69) is 18.7 Å². The maximum absolute atomic E-state index is 13.5. The van der Waals surface area contributed by atoms with E-state index < -0.39 is 0 Å². The monoisotopic (exact) mass is 525 g/mol. The summed E-state index contributed by atoms with van der Waals surface area (Å²) in [5.41, 5.74) is 1.10. The zero-order chi connectivity index (χ0) is 26.4. The van der Waals surface area contributed by atoms with Crippen molar-refractivity contribution in [1.29, 1.82) is 0 Å². The normalized spacial score (nSPS) is 21.2. The lowest BCUT2D eigenvalue weighted by Crippen LogP contribution is -2.52. The lowest BCUT2D eigenvalue weighted by molar-refractivity contribution is -0.143. The van der Waals surface area contributed by atoms with Gasteiger partial charge in [0.05, 0.1) is 0 Å². The summed E-state index contributed by atoms with van der Waals surface area (Å²) in [4.78, 5) is 33.0. The quantitative estimate of drug-likeness (QED) is 0.481. The van der Waals surface area contributed by atoms with Gasteiger partial charge < -0.3 is 19.4 Å². The highest BCUT2D eigenvalue weighted by atomic mass is 35.5. The summed E-state index contributed by atoms with van der Waals surface area (Å²) < 4.78 is 6.36. The number of amides is 2. The van der Waals surface area contributed by atoms with Gasteiger partial charge in [0.25, 0.3) is 0 Å². The second-order valence-corrected chi connectivity index (χ2v) is 11.2. The Balaban J connectivity index is 1.43. The fourth-order valence-electron chi connectivity index (χ4n) is 5.52. The van der Waals surface area contributed by atoms with Crippen molar-refractivity contribution in [3.8, 4) is 5.75 Å². The maximum atomic E-state index is 13.5. The van der Waals surface area contributed by atoms with Crippen LogP contribution in [0.4, 0.5) is 0 Å². The van der Waals surface area contributed by atoms with Crippen LogP contribution in [0.5, 0.6) is 5.75 Å². The van der Waals surface area contributed by atoms with Crippen LogP contribution in [0.1, 0.15) is 45.1 Å². The predicted octanol–water partition coefficient (Wildman–Crippen LogP) is 5.11. The summed E-state index contributed by atoms with van der Waals surface area (Å²) in [5, 5.41) is 0.619. The van der Waals surface area contributed by atoms with Gasteiger partial charge in [-0.15, -0.1) is 0 Å². The topological polar surface area (TPSA) is 53.1 Å². The van der Waals surface area contributed by atoms with Crippen molar-refractivity contribution in [2.45, 2.75) is 58.2 Å². The number of carbonyl (C=O) groups excluding carboxylic acids is 2. The van der Waals surface area contributed by atoms with Crippen LogP contribution in [0.15, 0.2) is 54.6 Å². The Morgan fingerprint density at radius 1 is 1.03 bits per heavy atom. The van der Waals surface area contributed by atoms with Gasteiger partial charge in [0.1, 0.15) is 11.9 Å². The molecule has 2 aromatic carbocycles. The van der Waals surface area contributed by atoms with Crippen LogP contribution >= 0.6 is 11.6 Å². The van der Waals surface area contributed by atoms with Crippen LogP contribution in [-0.2, 0) is 16.1 Å². The highest BCUT2D eigenvalue weighted by Gasteiger charge is 2.37. The number of nitrogens with zero attached hydrogens (tertiary/aromatic N) is 3. The molecule has 2 aliphatic rings. The molecule has 2 saturated heterocycles. The van der Waals surface area contributed by atoms with E-state index in [1.54, 1.807) is 4.90 Å². The number of benzene rings is 2. The Morgan fingerprint density at radius 2 is 1.76 bits per heavy atom. The van der Waals surface area contributed by atoms with Crippen molar-refractivity contribution in [3.63, 3.8) is 0 Å². The molecule has 2 fully saturated rings. The Labute approximate surface area is 226 Å². The zero-order valence-corrected chi connectivity index (χ0v) is 23.1. The second-order valence-electron chi connectivity index (χ2n) is 10.8. The number of hydrogen-bond donors (Lipinski definition) is 0. The molecule has 6 nitrogen and oxygen atoms in total. The minimum Gasteiger partial charge on any atom is -0.490 e. The maximum Gasteiger partial charge on any atom is 0.225 e. The van der Waals surface area contributed by atoms with Crippen molar-refractivity contribution in [3.05, 3.63) is 65.2 Å². The smallest absolute Gasteiger partial charge is 0.225 e. The van der Waals surface area contributed by atoms with Crippen molar-refractivity contribution in [2.75, 3.05) is 33.2 Å². The number of halogens is 1. The third-order valence-electron chi connectivity index (χ3n) is 7.79.